The molecule has 0 unspecified atom stereocenters. The Morgan fingerprint density at radius 1 is 1.38 bits per heavy atom. The summed E-state index contributed by atoms with van der Waals surface area (Å²) in [4.78, 5) is 14.0. The van der Waals surface area contributed by atoms with Crippen LogP contribution < -0.4 is 5.32 Å². The lowest BCUT2D eigenvalue weighted by atomic mass is 9.77. The van der Waals surface area contributed by atoms with Gasteiger partial charge in [0.2, 0.25) is 5.91 Å². The molecule has 74 valence electrons. The van der Waals surface area contributed by atoms with Gasteiger partial charge in [-0.15, -0.1) is 0 Å². The summed E-state index contributed by atoms with van der Waals surface area (Å²) in [7, 11) is 0. The van der Waals surface area contributed by atoms with Gasteiger partial charge in [0.05, 0.1) is 5.41 Å². The number of likely N-dealkylation sites (tertiary alicyclic amines) is 1. The molecule has 0 saturated carbocycles. The molecule has 2 saturated heterocycles. The van der Waals surface area contributed by atoms with Crippen molar-refractivity contribution in [3.8, 4) is 0 Å². The third-order valence-electron chi connectivity index (χ3n) is 3.63. The minimum atomic E-state index is 0.0195. The third kappa shape index (κ3) is 1.46. The Morgan fingerprint density at radius 2 is 2.08 bits per heavy atom. The van der Waals surface area contributed by atoms with Crippen LogP contribution in [0.15, 0.2) is 0 Å². The summed E-state index contributed by atoms with van der Waals surface area (Å²) in [6, 6.07) is 0. The normalized spacial score (nSPS) is 27.9. The van der Waals surface area contributed by atoms with Gasteiger partial charge in [-0.1, -0.05) is 6.92 Å². The number of nitrogens with one attached hydrogen (secondary N) is 1. The molecule has 1 N–H and O–H groups in total. The molecule has 0 radical (unpaired) electrons. The summed E-state index contributed by atoms with van der Waals surface area (Å²) in [5.74, 6) is 0.309. The second kappa shape index (κ2) is 3.29. The fourth-order valence-electron chi connectivity index (χ4n) is 2.49. The maximum absolute atomic E-state index is 11.6. The van der Waals surface area contributed by atoms with E-state index in [1.165, 1.54) is 0 Å². The lowest BCUT2D eigenvalue weighted by Gasteiger charge is -2.36. The zero-order chi connectivity index (χ0) is 9.31. The van der Waals surface area contributed by atoms with Gasteiger partial charge in [0, 0.05) is 6.54 Å². The molecule has 3 nitrogen and oxygen atoms in total. The summed E-state index contributed by atoms with van der Waals surface area (Å²) in [5, 5.41) is 2.96. The number of amides is 1. The second-order valence-corrected chi connectivity index (χ2v) is 4.22. The van der Waals surface area contributed by atoms with Crippen molar-refractivity contribution in [3.05, 3.63) is 0 Å². The number of nitrogens with zero attached hydrogens (tertiary/aromatic N) is 1. The third-order valence-corrected chi connectivity index (χ3v) is 3.63. The van der Waals surface area contributed by atoms with E-state index in [4.69, 9.17) is 0 Å². The van der Waals surface area contributed by atoms with Crippen molar-refractivity contribution in [2.75, 3.05) is 26.2 Å². The van der Waals surface area contributed by atoms with Crippen molar-refractivity contribution in [2.24, 2.45) is 5.41 Å². The van der Waals surface area contributed by atoms with Crippen LogP contribution in [0, 0.1) is 5.41 Å². The highest BCUT2D eigenvalue weighted by atomic mass is 16.2. The SMILES string of the molecule is CCN1CCC2(CCNC2=O)CC1. The molecule has 13 heavy (non-hydrogen) atoms. The standard InChI is InChI=1S/C10H18N2O/c1-2-12-7-4-10(5-8-12)3-6-11-9(10)13/h2-8H2,1H3,(H,11,13). The molecule has 1 amide bonds. The van der Waals surface area contributed by atoms with Gasteiger partial charge < -0.3 is 10.2 Å². The van der Waals surface area contributed by atoms with Gasteiger partial charge in [-0.25, -0.2) is 0 Å². The highest BCUT2D eigenvalue weighted by molar-refractivity contribution is 5.84. The van der Waals surface area contributed by atoms with Crippen LogP contribution in [-0.4, -0.2) is 37.0 Å². The molecule has 3 heteroatoms. The van der Waals surface area contributed by atoms with Crippen LogP contribution in [-0.2, 0) is 4.79 Å². The highest BCUT2D eigenvalue weighted by Gasteiger charge is 2.43. The fraction of sp³-hybridized carbons (Fsp3) is 0.900. The summed E-state index contributed by atoms with van der Waals surface area (Å²) < 4.78 is 0. The molecule has 0 aliphatic carbocycles. The molecular formula is C10H18N2O. The number of carbonyl (C=O) groups is 1. The first-order chi connectivity index (χ1) is 6.27. The molecule has 1 spiro atoms. The van der Waals surface area contributed by atoms with Crippen molar-refractivity contribution in [3.63, 3.8) is 0 Å². The molecule has 2 aliphatic heterocycles. The average Bonchev–Trinajstić information content (AvgIpc) is 2.50. The van der Waals surface area contributed by atoms with Gasteiger partial charge in [0.1, 0.15) is 0 Å². The van der Waals surface area contributed by atoms with Crippen LogP contribution in [0.1, 0.15) is 26.2 Å². The molecule has 2 fully saturated rings. The number of hydrogen-bond donors (Lipinski definition) is 1. The predicted octanol–water partition coefficient (Wildman–Crippen LogP) is 0.608. The zero-order valence-electron chi connectivity index (χ0n) is 8.31. The van der Waals surface area contributed by atoms with Gasteiger partial charge >= 0.3 is 0 Å². The summed E-state index contributed by atoms with van der Waals surface area (Å²) in [6.07, 6.45) is 3.18. The number of rotatable bonds is 1. The van der Waals surface area contributed by atoms with Crippen LogP contribution in [0.4, 0.5) is 0 Å². The van der Waals surface area contributed by atoms with E-state index in [9.17, 15) is 4.79 Å². The summed E-state index contributed by atoms with van der Waals surface area (Å²) >= 11 is 0. The van der Waals surface area contributed by atoms with E-state index in [2.05, 4.69) is 17.1 Å². The van der Waals surface area contributed by atoms with E-state index in [0.717, 1.165) is 45.4 Å². The Hall–Kier alpha value is -0.570. The summed E-state index contributed by atoms with van der Waals surface area (Å²) in [6.45, 7) is 6.41. The van der Waals surface area contributed by atoms with Crippen LogP contribution >= 0.6 is 0 Å². The Balaban J connectivity index is 1.99. The first-order valence-electron chi connectivity index (χ1n) is 5.27. The van der Waals surface area contributed by atoms with Crippen LogP contribution in [0.2, 0.25) is 0 Å². The molecule has 0 aromatic carbocycles. The maximum atomic E-state index is 11.6. The number of piperidine rings is 1. The Labute approximate surface area is 79.5 Å². The van der Waals surface area contributed by atoms with Crippen molar-refractivity contribution in [2.45, 2.75) is 26.2 Å². The van der Waals surface area contributed by atoms with Crippen LogP contribution in [0.25, 0.3) is 0 Å². The van der Waals surface area contributed by atoms with Crippen LogP contribution in [0.5, 0.6) is 0 Å². The maximum Gasteiger partial charge on any atom is 0.226 e. The molecule has 2 rings (SSSR count). The molecule has 2 aliphatic rings. The zero-order valence-corrected chi connectivity index (χ0v) is 8.31. The number of carbonyl (C=O) groups excluding carboxylic acids is 1. The van der Waals surface area contributed by atoms with Crippen molar-refractivity contribution >= 4 is 5.91 Å². The average molecular weight is 182 g/mol. The molecule has 0 aromatic rings. The van der Waals surface area contributed by atoms with Gasteiger partial charge in [0.15, 0.2) is 0 Å². The lowest BCUT2D eigenvalue weighted by Crippen LogP contribution is -2.43. The fourth-order valence-corrected chi connectivity index (χ4v) is 2.49. The van der Waals surface area contributed by atoms with Gasteiger partial charge in [0.25, 0.3) is 0 Å². The van der Waals surface area contributed by atoms with E-state index in [1.54, 1.807) is 0 Å². The first-order valence-corrected chi connectivity index (χ1v) is 5.27. The smallest absolute Gasteiger partial charge is 0.226 e. The monoisotopic (exact) mass is 182 g/mol. The summed E-state index contributed by atoms with van der Waals surface area (Å²) in [5.41, 5.74) is 0.0195. The van der Waals surface area contributed by atoms with E-state index in [-0.39, 0.29) is 5.41 Å². The quantitative estimate of drug-likeness (QED) is 0.644. The first kappa shape index (κ1) is 9.00. The molecule has 0 bridgehead atoms. The van der Waals surface area contributed by atoms with Crippen molar-refractivity contribution < 1.29 is 4.79 Å². The Kier molecular flexibility index (Phi) is 2.28. The molecule has 0 atom stereocenters. The largest absolute Gasteiger partial charge is 0.356 e. The Bertz CT molecular complexity index is 207. The highest BCUT2D eigenvalue weighted by Crippen LogP contribution is 2.37. The molecule has 0 aromatic heterocycles. The number of hydrogen-bond acceptors (Lipinski definition) is 2. The molecule has 2 heterocycles. The minimum absolute atomic E-state index is 0.0195. The lowest BCUT2D eigenvalue weighted by molar-refractivity contribution is -0.130. The minimum Gasteiger partial charge on any atom is -0.356 e. The van der Waals surface area contributed by atoms with Gasteiger partial charge in [-0.2, -0.15) is 0 Å². The van der Waals surface area contributed by atoms with Crippen molar-refractivity contribution in [1.82, 2.24) is 10.2 Å². The molecular weight excluding hydrogens is 164 g/mol. The second-order valence-electron chi connectivity index (χ2n) is 4.22. The van der Waals surface area contributed by atoms with Crippen LogP contribution in [0.3, 0.4) is 0 Å². The van der Waals surface area contributed by atoms with E-state index in [0.29, 0.717) is 5.91 Å². The van der Waals surface area contributed by atoms with E-state index < -0.39 is 0 Å². The topological polar surface area (TPSA) is 32.3 Å². The predicted molar refractivity (Wildman–Crippen MR) is 51.4 cm³/mol. The van der Waals surface area contributed by atoms with E-state index >= 15 is 0 Å². The van der Waals surface area contributed by atoms with Crippen molar-refractivity contribution in [1.29, 1.82) is 0 Å². The Morgan fingerprint density at radius 3 is 2.54 bits per heavy atom. The van der Waals surface area contributed by atoms with Gasteiger partial charge in [-0.05, 0) is 38.9 Å². The van der Waals surface area contributed by atoms with E-state index in [1.807, 2.05) is 0 Å². The van der Waals surface area contributed by atoms with Gasteiger partial charge in [-0.3, -0.25) is 4.79 Å².